The van der Waals surface area contributed by atoms with E-state index in [9.17, 15) is 4.79 Å². The molecule has 2 N–H and O–H groups in total. The highest BCUT2D eigenvalue weighted by molar-refractivity contribution is 5.69. The van der Waals surface area contributed by atoms with Gasteiger partial charge in [0.1, 0.15) is 11.6 Å². The average Bonchev–Trinajstić information content (AvgIpc) is 2.37. The minimum Gasteiger partial charge on any atom is -0.444 e. The molecule has 6 nitrogen and oxygen atoms in total. The zero-order valence-corrected chi connectivity index (χ0v) is 12.1. The number of nitrogens with zero attached hydrogens (tertiary/aromatic N) is 2. The highest BCUT2D eigenvalue weighted by Crippen LogP contribution is 2.25. The lowest BCUT2D eigenvalue weighted by atomic mass is 10.1. The van der Waals surface area contributed by atoms with E-state index in [0.29, 0.717) is 25.4 Å². The molecule has 0 saturated carbocycles. The number of ether oxygens (including phenoxy) is 2. The van der Waals surface area contributed by atoms with Crippen molar-refractivity contribution in [2.75, 3.05) is 25.5 Å². The Hall–Kier alpha value is -1.82. The highest BCUT2D eigenvalue weighted by Gasteiger charge is 2.32. The monoisotopic (exact) mass is 279 g/mol. The number of morpholine rings is 1. The van der Waals surface area contributed by atoms with Crippen LogP contribution in [0.25, 0.3) is 0 Å². The van der Waals surface area contributed by atoms with Gasteiger partial charge in [0.15, 0.2) is 0 Å². The number of pyridine rings is 1. The first-order chi connectivity index (χ1) is 9.37. The van der Waals surface area contributed by atoms with Gasteiger partial charge < -0.3 is 15.2 Å². The molecule has 1 aliphatic heterocycles. The summed E-state index contributed by atoms with van der Waals surface area (Å²) >= 11 is 0. The number of anilines is 1. The summed E-state index contributed by atoms with van der Waals surface area (Å²) in [7, 11) is 0. The van der Waals surface area contributed by atoms with Gasteiger partial charge in [0.2, 0.25) is 0 Å². The molecular weight excluding hydrogens is 258 g/mol. The van der Waals surface area contributed by atoms with Gasteiger partial charge >= 0.3 is 6.09 Å². The SMILES string of the molecule is CC(C)(C)OC(=O)N1CCOCC1c1cc(N)ccn1. The zero-order chi connectivity index (χ0) is 14.8. The maximum Gasteiger partial charge on any atom is 0.411 e. The first-order valence-electron chi connectivity index (χ1n) is 6.65. The molecule has 1 amide bonds. The molecule has 0 aliphatic carbocycles. The molecular formula is C14H21N3O3. The van der Waals surface area contributed by atoms with Crippen LogP contribution in [0.15, 0.2) is 18.3 Å². The smallest absolute Gasteiger partial charge is 0.411 e. The number of hydrogen-bond acceptors (Lipinski definition) is 5. The van der Waals surface area contributed by atoms with Crippen molar-refractivity contribution in [3.05, 3.63) is 24.0 Å². The van der Waals surface area contributed by atoms with Gasteiger partial charge in [-0.05, 0) is 32.9 Å². The van der Waals surface area contributed by atoms with E-state index in [-0.39, 0.29) is 12.1 Å². The van der Waals surface area contributed by atoms with Crippen LogP contribution in [0.1, 0.15) is 32.5 Å². The fraction of sp³-hybridized carbons (Fsp3) is 0.571. The fourth-order valence-corrected chi connectivity index (χ4v) is 2.04. The number of nitrogen functional groups attached to an aromatic ring is 1. The molecule has 0 radical (unpaired) electrons. The summed E-state index contributed by atoms with van der Waals surface area (Å²) in [6.07, 6.45) is 1.28. The molecule has 0 bridgehead atoms. The van der Waals surface area contributed by atoms with E-state index in [0.717, 1.165) is 5.69 Å². The largest absolute Gasteiger partial charge is 0.444 e. The quantitative estimate of drug-likeness (QED) is 0.850. The summed E-state index contributed by atoms with van der Waals surface area (Å²) in [6, 6.07) is 3.21. The van der Waals surface area contributed by atoms with Crippen molar-refractivity contribution >= 4 is 11.8 Å². The third-order valence-corrected chi connectivity index (χ3v) is 2.90. The van der Waals surface area contributed by atoms with Gasteiger partial charge in [-0.25, -0.2) is 4.79 Å². The third-order valence-electron chi connectivity index (χ3n) is 2.90. The molecule has 0 spiro atoms. The van der Waals surface area contributed by atoms with Crippen molar-refractivity contribution in [2.45, 2.75) is 32.4 Å². The minimum absolute atomic E-state index is 0.262. The summed E-state index contributed by atoms with van der Waals surface area (Å²) in [5.41, 5.74) is 6.58. The molecule has 1 fully saturated rings. The van der Waals surface area contributed by atoms with E-state index < -0.39 is 5.60 Å². The van der Waals surface area contributed by atoms with Crippen LogP contribution in [-0.2, 0) is 9.47 Å². The van der Waals surface area contributed by atoms with Crippen molar-refractivity contribution < 1.29 is 14.3 Å². The van der Waals surface area contributed by atoms with Crippen molar-refractivity contribution in [3.8, 4) is 0 Å². The number of rotatable bonds is 1. The van der Waals surface area contributed by atoms with Crippen LogP contribution in [0, 0.1) is 0 Å². The fourth-order valence-electron chi connectivity index (χ4n) is 2.04. The molecule has 2 heterocycles. The van der Waals surface area contributed by atoms with Gasteiger partial charge in [-0.3, -0.25) is 9.88 Å². The Morgan fingerprint density at radius 1 is 1.55 bits per heavy atom. The predicted octanol–water partition coefficient (Wildman–Crippen LogP) is 1.97. The molecule has 0 aromatic carbocycles. The van der Waals surface area contributed by atoms with E-state index in [2.05, 4.69) is 4.98 Å². The summed E-state index contributed by atoms with van der Waals surface area (Å²) in [6.45, 7) is 6.92. The molecule has 1 aromatic heterocycles. The van der Waals surface area contributed by atoms with Gasteiger partial charge in [-0.1, -0.05) is 0 Å². The van der Waals surface area contributed by atoms with Crippen LogP contribution >= 0.6 is 0 Å². The molecule has 110 valence electrons. The number of carbonyl (C=O) groups excluding carboxylic acids is 1. The topological polar surface area (TPSA) is 77.7 Å². The Morgan fingerprint density at radius 3 is 2.95 bits per heavy atom. The van der Waals surface area contributed by atoms with Crippen LogP contribution in [0.2, 0.25) is 0 Å². The Bertz CT molecular complexity index is 485. The normalized spacial score (nSPS) is 19.8. The standard InChI is InChI=1S/C14H21N3O3/c1-14(2,3)20-13(18)17-6-7-19-9-12(17)11-8-10(15)4-5-16-11/h4-5,8,12H,6-7,9H2,1-3H3,(H2,15,16). The van der Waals surface area contributed by atoms with Crippen molar-refractivity contribution in [1.82, 2.24) is 9.88 Å². The molecule has 20 heavy (non-hydrogen) atoms. The van der Waals surface area contributed by atoms with Crippen LogP contribution in [0.4, 0.5) is 10.5 Å². The number of nitrogens with two attached hydrogens (primary N) is 1. The number of hydrogen-bond donors (Lipinski definition) is 1. The zero-order valence-electron chi connectivity index (χ0n) is 12.1. The Labute approximate surface area is 118 Å². The van der Waals surface area contributed by atoms with Crippen molar-refractivity contribution in [3.63, 3.8) is 0 Å². The number of aromatic nitrogens is 1. The summed E-state index contributed by atoms with van der Waals surface area (Å²) in [5.74, 6) is 0. The maximum absolute atomic E-state index is 12.3. The molecule has 6 heteroatoms. The van der Waals surface area contributed by atoms with E-state index >= 15 is 0 Å². The lowest BCUT2D eigenvalue weighted by Crippen LogP contribution is -2.46. The van der Waals surface area contributed by atoms with Crippen LogP contribution < -0.4 is 5.73 Å². The summed E-state index contributed by atoms with van der Waals surface area (Å²) < 4.78 is 10.9. The van der Waals surface area contributed by atoms with Gasteiger partial charge in [0.05, 0.1) is 18.9 Å². The van der Waals surface area contributed by atoms with Crippen LogP contribution in [0.3, 0.4) is 0 Å². The number of amides is 1. The Morgan fingerprint density at radius 2 is 2.30 bits per heavy atom. The predicted molar refractivity (Wildman–Crippen MR) is 75.1 cm³/mol. The lowest BCUT2D eigenvalue weighted by molar-refractivity contribution is -0.0340. The minimum atomic E-state index is -0.525. The van der Waals surface area contributed by atoms with E-state index in [4.69, 9.17) is 15.2 Å². The Balaban J connectivity index is 2.19. The van der Waals surface area contributed by atoms with Crippen molar-refractivity contribution in [2.24, 2.45) is 0 Å². The Kier molecular flexibility index (Phi) is 4.13. The van der Waals surface area contributed by atoms with E-state index in [1.807, 2.05) is 20.8 Å². The van der Waals surface area contributed by atoms with Crippen molar-refractivity contribution in [1.29, 1.82) is 0 Å². The van der Waals surface area contributed by atoms with Gasteiger partial charge in [-0.15, -0.1) is 0 Å². The second kappa shape index (κ2) is 5.66. The molecule has 1 saturated heterocycles. The second-order valence-electron chi connectivity index (χ2n) is 5.78. The first-order valence-corrected chi connectivity index (χ1v) is 6.65. The maximum atomic E-state index is 12.3. The second-order valence-corrected chi connectivity index (χ2v) is 5.78. The molecule has 1 unspecified atom stereocenters. The molecule has 1 atom stereocenters. The average molecular weight is 279 g/mol. The van der Waals surface area contributed by atoms with E-state index in [1.54, 1.807) is 23.2 Å². The van der Waals surface area contributed by atoms with E-state index in [1.165, 1.54) is 0 Å². The van der Waals surface area contributed by atoms with Gasteiger partial charge in [0.25, 0.3) is 0 Å². The molecule has 1 aromatic rings. The van der Waals surface area contributed by atoms with Gasteiger partial charge in [0, 0.05) is 18.4 Å². The van der Waals surface area contributed by atoms with Crippen LogP contribution in [0.5, 0.6) is 0 Å². The summed E-state index contributed by atoms with van der Waals surface area (Å²) in [4.78, 5) is 18.2. The molecule has 1 aliphatic rings. The lowest BCUT2D eigenvalue weighted by Gasteiger charge is -2.36. The summed E-state index contributed by atoms with van der Waals surface area (Å²) in [5, 5.41) is 0. The first kappa shape index (κ1) is 14.6. The number of carbonyl (C=O) groups is 1. The van der Waals surface area contributed by atoms with Crippen LogP contribution in [-0.4, -0.2) is 41.3 Å². The highest BCUT2D eigenvalue weighted by atomic mass is 16.6. The van der Waals surface area contributed by atoms with Gasteiger partial charge in [-0.2, -0.15) is 0 Å². The third kappa shape index (κ3) is 3.60. The molecule has 2 rings (SSSR count).